The molecule has 1 aliphatic rings. The maximum Gasteiger partial charge on any atom is 0.333 e. The number of esters is 1. The van der Waals surface area contributed by atoms with Gasteiger partial charge < -0.3 is 15.0 Å². The second kappa shape index (κ2) is 16.3. The highest BCUT2D eigenvalue weighted by atomic mass is 16.5. The maximum atomic E-state index is 14.2. The van der Waals surface area contributed by atoms with E-state index in [2.05, 4.69) is 24.1 Å². The van der Waals surface area contributed by atoms with Crippen LogP contribution in [0.1, 0.15) is 82.3 Å². The standard InChI is InChI=1S/C36H49N3O5/c1-8-44-36(43)26(6)22-32(24(2)3)38(7)35(42)30(37-34(41)31-16-12-13-21-39(31)25(4)5)23-27-17-19-29(20-18-27)33(40)28-14-10-9-11-15-28/h9-11,14-15,17-20,22,24-25,30-32H,8,12-13,16,21,23H2,1-7H3,(H,37,41)/b26-22+/t30-,31+,32+/m0/s1. The van der Waals surface area contributed by atoms with Gasteiger partial charge in [0.05, 0.1) is 18.7 Å². The molecule has 0 aliphatic carbocycles. The molecular formula is C36H49N3O5. The van der Waals surface area contributed by atoms with Crippen LogP contribution in [-0.4, -0.2) is 77.7 Å². The summed E-state index contributed by atoms with van der Waals surface area (Å²) in [7, 11) is 1.71. The Morgan fingerprint density at radius 1 is 0.977 bits per heavy atom. The number of piperidine rings is 1. The predicted molar refractivity (Wildman–Crippen MR) is 173 cm³/mol. The van der Waals surface area contributed by atoms with Crippen LogP contribution in [0, 0.1) is 5.92 Å². The lowest BCUT2D eigenvalue weighted by molar-refractivity contribution is -0.139. The minimum atomic E-state index is -0.836. The first kappa shape index (κ1) is 34.7. The van der Waals surface area contributed by atoms with Crippen LogP contribution in [0.15, 0.2) is 66.2 Å². The summed E-state index contributed by atoms with van der Waals surface area (Å²) in [5.74, 6) is -0.892. The molecule has 0 bridgehead atoms. The molecule has 2 aromatic rings. The van der Waals surface area contributed by atoms with Gasteiger partial charge in [0.25, 0.3) is 0 Å². The molecule has 2 amide bonds. The summed E-state index contributed by atoms with van der Waals surface area (Å²) in [5.41, 5.74) is 2.41. The third kappa shape index (κ3) is 9.11. The van der Waals surface area contributed by atoms with Gasteiger partial charge in [0.15, 0.2) is 5.78 Å². The first-order valence-electron chi connectivity index (χ1n) is 15.8. The summed E-state index contributed by atoms with van der Waals surface area (Å²) in [6, 6.07) is 15.0. The zero-order valence-electron chi connectivity index (χ0n) is 27.3. The number of amides is 2. The van der Waals surface area contributed by atoms with Crippen LogP contribution >= 0.6 is 0 Å². The first-order chi connectivity index (χ1) is 20.9. The minimum Gasteiger partial charge on any atom is -0.463 e. The average molecular weight is 604 g/mol. The third-order valence-corrected chi connectivity index (χ3v) is 8.31. The fourth-order valence-electron chi connectivity index (χ4n) is 5.82. The Balaban J connectivity index is 1.89. The van der Waals surface area contributed by atoms with Gasteiger partial charge >= 0.3 is 5.97 Å². The zero-order valence-corrected chi connectivity index (χ0v) is 27.3. The fourth-order valence-corrected chi connectivity index (χ4v) is 5.82. The molecule has 3 rings (SSSR count). The predicted octanol–water partition coefficient (Wildman–Crippen LogP) is 5.20. The van der Waals surface area contributed by atoms with Crippen molar-refractivity contribution in [2.24, 2.45) is 5.92 Å². The number of likely N-dealkylation sites (N-methyl/N-ethyl adjacent to an activating group) is 1. The number of ketones is 1. The van der Waals surface area contributed by atoms with Crippen molar-refractivity contribution in [3.63, 3.8) is 0 Å². The van der Waals surface area contributed by atoms with E-state index in [-0.39, 0.29) is 54.7 Å². The molecule has 8 nitrogen and oxygen atoms in total. The van der Waals surface area contributed by atoms with E-state index < -0.39 is 12.0 Å². The van der Waals surface area contributed by atoms with Gasteiger partial charge in [0, 0.05) is 36.2 Å². The van der Waals surface area contributed by atoms with Crippen molar-refractivity contribution in [1.82, 2.24) is 15.1 Å². The largest absolute Gasteiger partial charge is 0.463 e. The number of nitrogens with zero attached hydrogens (tertiary/aromatic N) is 2. The van der Waals surface area contributed by atoms with Crippen LogP contribution in [0.3, 0.4) is 0 Å². The summed E-state index contributed by atoms with van der Waals surface area (Å²) in [6.07, 6.45) is 4.78. The number of hydrogen-bond acceptors (Lipinski definition) is 6. The molecule has 2 aromatic carbocycles. The summed E-state index contributed by atoms with van der Waals surface area (Å²) in [4.78, 5) is 57.0. The van der Waals surface area contributed by atoms with Crippen LogP contribution in [0.25, 0.3) is 0 Å². The molecule has 0 radical (unpaired) electrons. The molecule has 1 N–H and O–H groups in total. The fraction of sp³-hybridized carbons (Fsp3) is 0.500. The number of carbonyl (C=O) groups excluding carboxylic acids is 4. The van der Waals surface area contributed by atoms with Crippen LogP contribution in [-0.2, 0) is 25.5 Å². The van der Waals surface area contributed by atoms with E-state index in [1.807, 2.05) is 44.2 Å². The molecule has 0 unspecified atom stereocenters. The number of nitrogens with one attached hydrogen (secondary N) is 1. The van der Waals surface area contributed by atoms with E-state index >= 15 is 0 Å². The molecule has 0 spiro atoms. The SMILES string of the molecule is CCOC(=O)/C(C)=C/[C@H](C(C)C)N(C)C(=O)[C@H](Cc1ccc(C(=O)c2ccccc2)cc1)NC(=O)[C@H]1CCCCN1C(C)C. The highest BCUT2D eigenvalue weighted by Gasteiger charge is 2.35. The Labute approximate surface area is 262 Å². The van der Waals surface area contributed by atoms with E-state index in [4.69, 9.17) is 4.74 Å². The molecule has 0 saturated carbocycles. The molecule has 8 heteroatoms. The van der Waals surface area contributed by atoms with Crippen molar-refractivity contribution in [1.29, 1.82) is 0 Å². The highest BCUT2D eigenvalue weighted by Crippen LogP contribution is 2.22. The topological polar surface area (TPSA) is 96.0 Å². The van der Waals surface area contributed by atoms with E-state index in [9.17, 15) is 19.2 Å². The van der Waals surface area contributed by atoms with Gasteiger partial charge in [-0.2, -0.15) is 0 Å². The average Bonchev–Trinajstić information content (AvgIpc) is 3.02. The molecule has 44 heavy (non-hydrogen) atoms. The number of ether oxygens (including phenoxy) is 1. The smallest absolute Gasteiger partial charge is 0.333 e. The molecule has 0 aromatic heterocycles. The van der Waals surface area contributed by atoms with E-state index in [1.165, 1.54) is 0 Å². The molecule has 1 heterocycles. The molecule has 1 saturated heterocycles. The van der Waals surface area contributed by atoms with E-state index in [0.717, 1.165) is 31.4 Å². The van der Waals surface area contributed by atoms with Gasteiger partial charge in [-0.3, -0.25) is 19.3 Å². The zero-order chi connectivity index (χ0) is 32.4. The molecule has 1 aliphatic heterocycles. The number of carbonyl (C=O) groups is 4. The summed E-state index contributed by atoms with van der Waals surface area (Å²) in [5, 5.41) is 3.10. The Morgan fingerprint density at radius 3 is 2.20 bits per heavy atom. The van der Waals surface area contributed by atoms with Gasteiger partial charge in [-0.05, 0) is 58.6 Å². The lowest BCUT2D eigenvalue weighted by atomic mass is 9.96. The summed E-state index contributed by atoms with van der Waals surface area (Å²) < 4.78 is 5.16. The summed E-state index contributed by atoms with van der Waals surface area (Å²) >= 11 is 0. The maximum absolute atomic E-state index is 14.2. The van der Waals surface area contributed by atoms with Gasteiger partial charge in [0.2, 0.25) is 11.8 Å². The highest BCUT2D eigenvalue weighted by molar-refractivity contribution is 6.09. The van der Waals surface area contributed by atoms with Crippen molar-refractivity contribution in [3.8, 4) is 0 Å². The second-order valence-electron chi connectivity index (χ2n) is 12.3. The van der Waals surface area contributed by atoms with Crippen molar-refractivity contribution < 1.29 is 23.9 Å². The van der Waals surface area contributed by atoms with Crippen LogP contribution in [0.2, 0.25) is 0 Å². The van der Waals surface area contributed by atoms with Gasteiger partial charge in [0.1, 0.15) is 6.04 Å². The van der Waals surface area contributed by atoms with Gasteiger partial charge in [-0.25, -0.2) is 4.79 Å². The van der Waals surface area contributed by atoms with Gasteiger partial charge in [-0.15, -0.1) is 0 Å². The Kier molecular flexibility index (Phi) is 12.9. The molecule has 238 valence electrons. The minimum absolute atomic E-state index is 0.00253. The first-order valence-corrected chi connectivity index (χ1v) is 15.8. The number of likely N-dealkylation sites (tertiary alicyclic amines) is 1. The van der Waals surface area contributed by atoms with E-state index in [1.54, 1.807) is 56.1 Å². The quantitative estimate of drug-likeness (QED) is 0.192. The Hall–Kier alpha value is -3.78. The number of rotatable bonds is 13. The third-order valence-electron chi connectivity index (χ3n) is 8.31. The van der Waals surface area contributed by atoms with Gasteiger partial charge in [-0.1, -0.05) is 80.9 Å². The van der Waals surface area contributed by atoms with Crippen molar-refractivity contribution >= 4 is 23.6 Å². The van der Waals surface area contributed by atoms with Crippen LogP contribution in [0.5, 0.6) is 0 Å². The van der Waals surface area contributed by atoms with Crippen molar-refractivity contribution in [2.75, 3.05) is 20.2 Å². The molecular weight excluding hydrogens is 554 g/mol. The van der Waals surface area contributed by atoms with E-state index in [0.29, 0.717) is 16.7 Å². The van der Waals surface area contributed by atoms with Crippen molar-refractivity contribution in [3.05, 3.63) is 82.9 Å². The van der Waals surface area contributed by atoms with Crippen LogP contribution in [0.4, 0.5) is 0 Å². The molecule has 1 fully saturated rings. The monoisotopic (exact) mass is 603 g/mol. The molecule has 3 atom stereocenters. The number of hydrogen-bond donors (Lipinski definition) is 1. The second-order valence-corrected chi connectivity index (χ2v) is 12.3. The Bertz CT molecular complexity index is 1300. The number of benzene rings is 2. The lowest BCUT2D eigenvalue weighted by Crippen LogP contribution is -2.58. The lowest BCUT2D eigenvalue weighted by Gasteiger charge is -2.39. The van der Waals surface area contributed by atoms with Crippen LogP contribution < -0.4 is 5.32 Å². The normalized spacial score (nSPS) is 17.2. The summed E-state index contributed by atoms with van der Waals surface area (Å²) in [6.45, 7) is 12.7. The van der Waals surface area contributed by atoms with Crippen molar-refractivity contribution in [2.45, 2.75) is 91.4 Å². The Morgan fingerprint density at radius 2 is 1.61 bits per heavy atom.